The van der Waals surface area contributed by atoms with Gasteiger partial charge in [-0.3, -0.25) is 0 Å². The SMILES string of the molecule is CC(N[C@@H](CO)Cc1ccccc1)c1ccoc1. The highest BCUT2D eigenvalue weighted by Gasteiger charge is 2.13. The lowest BCUT2D eigenvalue weighted by Crippen LogP contribution is -2.36. The normalized spacial score (nSPS) is 14.3. The fraction of sp³-hybridized carbons (Fsp3) is 0.333. The van der Waals surface area contributed by atoms with Gasteiger partial charge in [-0.2, -0.15) is 0 Å². The van der Waals surface area contributed by atoms with Gasteiger partial charge in [0, 0.05) is 17.6 Å². The van der Waals surface area contributed by atoms with Crippen LogP contribution in [-0.4, -0.2) is 17.8 Å². The topological polar surface area (TPSA) is 45.4 Å². The van der Waals surface area contributed by atoms with Crippen molar-refractivity contribution in [3.63, 3.8) is 0 Å². The maximum Gasteiger partial charge on any atom is 0.0950 e. The van der Waals surface area contributed by atoms with Crippen LogP contribution in [-0.2, 0) is 6.42 Å². The van der Waals surface area contributed by atoms with Gasteiger partial charge in [-0.25, -0.2) is 0 Å². The van der Waals surface area contributed by atoms with E-state index in [1.54, 1.807) is 12.5 Å². The summed E-state index contributed by atoms with van der Waals surface area (Å²) in [6.07, 6.45) is 4.22. The maximum absolute atomic E-state index is 9.45. The predicted molar refractivity (Wildman–Crippen MR) is 71.3 cm³/mol. The summed E-state index contributed by atoms with van der Waals surface area (Å²) in [6, 6.07) is 12.3. The molecule has 0 radical (unpaired) electrons. The molecule has 1 unspecified atom stereocenters. The highest BCUT2D eigenvalue weighted by Crippen LogP contribution is 2.14. The van der Waals surface area contributed by atoms with E-state index in [2.05, 4.69) is 24.4 Å². The molecule has 2 N–H and O–H groups in total. The first-order valence-corrected chi connectivity index (χ1v) is 6.22. The third-order valence-corrected chi connectivity index (χ3v) is 3.07. The highest BCUT2D eigenvalue weighted by molar-refractivity contribution is 5.16. The van der Waals surface area contributed by atoms with Crippen molar-refractivity contribution in [3.8, 4) is 0 Å². The molecule has 0 saturated heterocycles. The molecule has 96 valence electrons. The largest absolute Gasteiger partial charge is 0.472 e. The standard InChI is InChI=1S/C15H19NO2/c1-12(14-7-8-18-11-14)16-15(10-17)9-13-5-3-2-4-6-13/h2-8,11-12,15-17H,9-10H2,1H3/t12?,15-/m1/s1. The monoisotopic (exact) mass is 245 g/mol. The molecule has 0 spiro atoms. The Hall–Kier alpha value is -1.58. The molecule has 2 atom stereocenters. The Kier molecular flexibility index (Phi) is 4.56. The molecule has 3 heteroatoms. The first kappa shape index (κ1) is 12.9. The summed E-state index contributed by atoms with van der Waals surface area (Å²) >= 11 is 0. The van der Waals surface area contributed by atoms with Crippen molar-refractivity contribution in [2.75, 3.05) is 6.61 Å². The summed E-state index contributed by atoms with van der Waals surface area (Å²) in [6.45, 7) is 2.19. The number of aliphatic hydroxyl groups excluding tert-OH is 1. The Labute approximate surface area is 107 Å². The van der Waals surface area contributed by atoms with E-state index >= 15 is 0 Å². The minimum atomic E-state index is 0.0531. The van der Waals surface area contributed by atoms with Crippen LogP contribution in [0.2, 0.25) is 0 Å². The maximum atomic E-state index is 9.45. The Morgan fingerprint density at radius 3 is 2.61 bits per heavy atom. The number of aliphatic hydroxyl groups is 1. The number of nitrogens with one attached hydrogen (secondary N) is 1. The number of furan rings is 1. The molecule has 0 aliphatic rings. The van der Waals surface area contributed by atoms with Gasteiger partial charge in [0.05, 0.1) is 19.1 Å². The van der Waals surface area contributed by atoms with Crippen LogP contribution < -0.4 is 5.32 Å². The summed E-state index contributed by atoms with van der Waals surface area (Å²) in [4.78, 5) is 0. The first-order chi connectivity index (χ1) is 8.79. The van der Waals surface area contributed by atoms with Crippen molar-refractivity contribution in [3.05, 3.63) is 60.1 Å². The van der Waals surface area contributed by atoms with E-state index in [0.29, 0.717) is 0 Å². The van der Waals surface area contributed by atoms with Gasteiger partial charge in [0.2, 0.25) is 0 Å². The molecule has 0 saturated carbocycles. The van der Waals surface area contributed by atoms with Gasteiger partial charge in [-0.1, -0.05) is 30.3 Å². The van der Waals surface area contributed by atoms with E-state index < -0.39 is 0 Å². The summed E-state index contributed by atoms with van der Waals surface area (Å²) in [5.41, 5.74) is 2.32. The smallest absolute Gasteiger partial charge is 0.0950 e. The molecule has 0 bridgehead atoms. The molecule has 1 heterocycles. The number of benzene rings is 1. The van der Waals surface area contributed by atoms with Crippen molar-refractivity contribution >= 4 is 0 Å². The van der Waals surface area contributed by atoms with Crippen molar-refractivity contribution in [2.24, 2.45) is 0 Å². The molecule has 0 aliphatic heterocycles. The average molecular weight is 245 g/mol. The van der Waals surface area contributed by atoms with Crippen LogP contribution >= 0.6 is 0 Å². The third-order valence-electron chi connectivity index (χ3n) is 3.07. The van der Waals surface area contributed by atoms with Crippen molar-refractivity contribution in [1.29, 1.82) is 0 Å². The molecule has 1 aromatic heterocycles. The molecule has 0 aliphatic carbocycles. The van der Waals surface area contributed by atoms with E-state index in [1.807, 2.05) is 24.3 Å². The molecule has 2 aromatic rings. The molecular formula is C15H19NO2. The molecule has 3 nitrogen and oxygen atoms in total. The van der Waals surface area contributed by atoms with Crippen LogP contribution in [0.4, 0.5) is 0 Å². The molecule has 18 heavy (non-hydrogen) atoms. The van der Waals surface area contributed by atoms with Crippen molar-refractivity contribution < 1.29 is 9.52 Å². The van der Waals surface area contributed by atoms with Crippen LogP contribution in [0.3, 0.4) is 0 Å². The minimum Gasteiger partial charge on any atom is -0.472 e. The van der Waals surface area contributed by atoms with Gasteiger partial charge in [0.1, 0.15) is 0 Å². The fourth-order valence-electron chi connectivity index (χ4n) is 2.05. The van der Waals surface area contributed by atoms with Gasteiger partial charge < -0.3 is 14.8 Å². The lowest BCUT2D eigenvalue weighted by molar-refractivity contribution is 0.232. The van der Waals surface area contributed by atoms with Gasteiger partial charge in [-0.15, -0.1) is 0 Å². The molecule has 2 rings (SSSR count). The minimum absolute atomic E-state index is 0.0531. The summed E-state index contributed by atoms with van der Waals surface area (Å²) in [5.74, 6) is 0. The number of hydrogen-bond donors (Lipinski definition) is 2. The number of hydrogen-bond acceptors (Lipinski definition) is 3. The predicted octanol–water partition coefficient (Wildman–Crippen LogP) is 2.53. The van der Waals surface area contributed by atoms with E-state index in [0.717, 1.165) is 12.0 Å². The van der Waals surface area contributed by atoms with Crippen molar-refractivity contribution in [2.45, 2.75) is 25.4 Å². The molecule has 1 aromatic carbocycles. The zero-order valence-corrected chi connectivity index (χ0v) is 10.5. The Bertz CT molecular complexity index is 439. The van der Waals surface area contributed by atoms with E-state index in [4.69, 9.17) is 4.42 Å². The second kappa shape index (κ2) is 6.38. The zero-order valence-electron chi connectivity index (χ0n) is 10.5. The van der Waals surface area contributed by atoms with E-state index in [1.165, 1.54) is 5.56 Å². The molecular weight excluding hydrogens is 226 g/mol. The molecule has 0 amide bonds. The van der Waals surface area contributed by atoms with Crippen LogP contribution in [0.25, 0.3) is 0 Å². The summed E-state index contributed by atoms with van der Waals surface area (Å²) in [7, 11) is 0. The van der Waals surface area contributed by atoms with Gasteiger partial charge >= 0.3 is 0 Å². The van der Waals surface area contributed by atoms with Crippen LogP contribution in [0.5, 0.6) is 0 Å². The van der Waals surface area contributed by atoms with E-state index in [9.17, 15) is 5.11 Å². The Morgan fingerprint density at radius 1 is 1.22 bits per heavy atom. The molecule has 0 fully saturated rings. The van der Waals surface area contributed by atoms with Crippen LogP contribution in [0.15, 0.2) is 53.3 Å². The lowest BCUT2D eigenvalue weighted by atomic mass is 10.0. The fourth-order valence-corrected chi connectivity index (χ4v) is 2.05. The average Bonchev–Trinajstić information content (AvgIpc) is 2.93. The quantitative estimate of drug-likeness (QED) is 0.822. The Morgan fingerprint density at radius 2 is 2.00 bits per heavy atom. The van der Waals surface area contributed by atoms with Gasteiger partial charge in [0.25, 0.3) is 0 Å². The zero-order chi connectivity index (χ0) is 12.8. The highest BCUT2D eigenvalue weighted by atomic mass is 16.3. The Balaban J connectivity index is 1.93. The van der Waals surface area contributed by atoms with E-state index in [-0.39, 0.29) is 18.7 Å². The lowest BCUT2D eigenvalue weighted by Gasteiger charge is -2.21. The summed E-state index contributed by atoms with van der Waals surface area (Å²) < 4.78 is 5.07. The van der Waals surface area contributed by atoms with Gasteiger partial charge in [-0.05, 0) is 25.0 Å². The van der Waals surface area contributed by atoms with Crippen molar-refractivity contribution in [1.82, 2.24) is 5.32 Å². The second-order valence-corrected chi connectivity index (χ2v) is 4.51. The number of rotatable bonds is 6. The summed E-state index contributed by atoms with van der Waals surface area (Å²) in [5, 5.41) is 12.9. The van der Waals surface area contributed by atoms with Crippen LogP contribution in [0.1, 0.15) is 24.1 Å². The van der Waals surface area contributed by atoms with Crippen LogP contribution in [0, 0.1) is 0 Å². The third kappa shape index (κ3) is 3.45. The second-order valence-electron chi connectivity index (χ2n) is 4.51. The van der Waals surface area contributed by atoms with Gasteiger partial charge in [0.15, 0.2) is 0 Å². The first-order valence-electron chi connectivity index (χ1n) is 6.22.